The summed E-state index contributed by atoms with van der Waals surface area (Å²) >= 11 is 0. The Balaban J connectivity index is 2.24. The zero-order chi connectivity index (χ0) is 14.3. The van der Waals surface area contributed by atoms with E-state index in [1.165, 1.54) is 19.1 Å². The molecule has 0 spiro atoms. The number of urea groups is 1. The molecule has 102 valence electrons. The van der Waals surface area contributed by atoms with Crippen LogP contribution < -0.4 is 15.4 Å². The van der Waals surface area contributed by atoms with Crippen LogP contribution in [0.5, 0.6) is 5.75 Å². The first-order valence-corrected chi connectivity index (χ1v) is 5.20. The Morgan fingerprint density at radius 3 is 2.16 bits per heavy atom. The molecule has 1 fully saturated rings. The quantitative estimate of drug-likeness (QED) is 0.806. The van der Waals surface area contributed by atoms with E-state index < -0.39 is 29.6 Å². The summed E-state index contributed by atoms with van der Waals surface area (Å²) in [4.78, 5) is 22.7. The Morgan fingerprint density at radius 1 is 1.16 bits per heavy atom. The van der Waals surface area contributed by atoms with Gasteiger partial charge in [0.2, 0.25) is 0 Å². The lowest BCUT2D eigenvalue weighted by atomic mass is 9.92. The highest BCUT2D eigenvalue weighted by molar-refractivity contribution is 6.07. The van der Waals surface area contributed by atoms with Gasteiger partial charge >= 0.3 is 12.4 Å². The molecule has 1 aromatic carbocycles. The molecule has 1 aromatic rings. The van der Waals surface area contributed by atoms with Crippen LogP contribution in [0.4, 0.5) is 18.0 Å². The fourth-order valence-corrected chi connectivity index (χ4v) is 1.74. The van der Waals surface area contributed by atoms with Crippen LogP contribution >= 0.6 is 0 Å². The minimum Gasteiger partial charge on any atom is -0.406 e. The molecule has 2 rings (SSSR count). The van der Waals surface area contributed by atoms with Gasteiger partial charge in [0.1, 0.15) is 11.3 Å². The smallest absolute Gasteiger partial charge is 0.406 e. The van der Waals surface area contributed by atoms with Crippen LogP contribution in [0.25, 0.3) is 0 Å². The van der Waals surface area contributed by atoms with Gasteiger partial charge in [-0.2, -0.15) is 0 Å². The Bertz CT molecular complexity index is 527. The van der Waals surface area contributed by atoms with Gasteiger partial charge in [-0.3, -0.25) is 10.1 Å². The first-order valence-electron chi connectivity index (χ1n) is 5.20. The van der Waals surface area contributed by atoms with Gasteiger partial charge in [0, 0.05) is 0 Å². The Morgan fingerprint density at radius 2 is 1.74 bits per heavy atom. The molecule has 0 aromatic heterocycles. The summed E-state index contributed by atoms with van der Waals surface area (Å²) in [6.07, 6.45) is -4.77. The van der Waals surface area contributed by atoms with Crippen LogP contribution in [-0.2, 0) is 10.3 Å². The minimum atomic E-state index is -4.77. The maximum Gasteiger partial charge on any atom is 0.573 e. The van der Waals surface area contributed by atoms with Crippen LogP contribution in [0.15, 0.2) is 24.3 Å². The lowest BCUT2D eigenvalue weighted by molar-refractivity contribution is -0.274. The second-order valence-corrected chi connectivity index (χ2v) is 4.11. The molecule has 8 heteroatoms. The van der Waals surface area contributed by atoms with E-state index in [1.807, 2.05) is 0 Å². The standard InChI is InChI=1S/C11H9F3N2O3/c1-10(8(17)15-9(18)16-10)6-2-4-7(5-3-6)19-11(12,13)14/h2-5H,1H3,(H2,15,16,17,18)/t10-/m0/s1. The van der Waals surface area contributed by atoms with Gasteiger partial charge in [0.25, 0.3) is 5.91 Å². The third-order valence-corrected chi connectivity index (χ3v) is 2.71. The van der Waals surface area contributed by atoms with E-state index >= 15 is 0 Å². The Kier molecular flexibility index (Phi) is 2.88. The maximum absolute atomic E-state index is 12.0. The lowest BCUT2D eigenvalue weighted by Crippen LogP contribution is -2.40. The fourth-order valence-electron chi connectivity index (χ4n) is 1.74. The number of amides is 3. The summed E-state index contributed by atoms with van der Waals surface area (Å²) in [5.41, 5.74) is -0.946. The normalized spacial score (nSPS) is 22.9. The number of imide groups is 1. The van der Waals surface area contributed by atoms with E-state index in [0.717, 1.165) is 12.1 Å². The van der Waals surface area contributed by atoms with Gasteiger partial charge in [-0.1, -0.05) is 12.1 Å². The summed E-state index contributed by atoms with van der Waals surface area (Å²) in [5.74, 6) is -0.966. The van der Waals surface area contributed by atoms with E-state index in [1.54, 1.807) is 0 Å². The molecule has 1 heterocycles. The topological polar surface area (TPSA) is 67.4 Å². The molecule has 0 saturated carbocycles. The van der Waals surface area contributed by atoms with Crippen molar-refractivity contribution in [2.24, 2.45) is 0 Å². The van der Waals surface area contributed by atoms with Crippen LogP contribution in [0.2, 0.25) is 0 Å². The van der Waals surface area contributed by atoms with Crippen LogP contribution in [0.3, 0.4) is 0 Å². The largest absolute Gasteiger partial charge is 0.573 e. The van der Waals surface area contributed by atoms with Crippen molar-refractivity contribution >= 4 is 11.9 Å². The molecule has 1 aliphatic rings. The molecule has 5 nitrogen and oxygen atoms in total. The van der Waals surface area contributed by atoms with Crippen LogP contribution in [-0.4, -0.2) is 18.3 Å². The summed E-state index contributed by atoms with van der Waals surface area (Å²) in [6.45, 7) is 1.45. The summed E-state index contributed by atoms with van der Waals surface area (Å²) in [7, 11) is 0. The Hall–Kier alpha value is -2.25. The lowest BCUT2D eigenvalue weighted by Gasteiger charge is -2.21. The molecule has 1 aliphatic heterocycles. The molecule has 1 saturated heterocycles. The summed E-state index contributed by atoms with van der Waals surface area (Å²) in [6, 6.07) is 4.07. The number of hydrogen-bond donors (Lipinski definition) is 2. The molecule has 2 N–H and O–H groups in total. The number of rotatable bonds is 2. The van der Waals surface area contributed by atoms with Gasteiger partial charge in [0.15, 0.2) is 0 Å². The van der Waals surface area contributed by atoms with Crippen LogP contribution in [0, 0.1) is 0 Å². The SMILES string of the molecule is C[C@@]1(c2ccc(OC(F)(F)F)cc2)NC(=O)NC1=O. The average Bonchev–Trinajstić information content (AvgIpc) is 2.52. The predicted molar refractivity (Wildman–Crippen MR) is 57.2 cm³/mol. The van der Waals surface area contributed by atoms with Gasteiger partial charge in [-0.05, 0) is 24.6 Å². The number of ether oxygens (including phenoxy) is 1. The van der Waals surface area contributed by atoms with Crippen molar-refractivity contribution in [1.29, 1.82) is 0 Å². The van der Waals surface area contributed by atoms with Crippen molar-refractivity contribution in [1.82, 2.24) is 10.6 Å². The van der Waals surface area contributed by atoms with E-state index in [2.05, 4.69) is 15.4 Å². The molecule has 3 amide bonds. The van der Waals surface area contributed by atoms with Crippen molar-refractivity contribution in [2.75, 3.05) is 0 Å². The highest BCUT2D eigenvalue weighted by Crippen LogP contribution is 2.28. The molecular formula is C11H9F3N2O3. The van der Waals surface area contributed by atoms with Gasteiger partial charge < -0.3 is 10.1 Å². The van der Waals surface area contributed by atoms with Gasteiger partial charge in [-0.25, -0.2) is 4.79 Å². The number of benzene rings is 1. The van der Waals surface area contributed by atoms with E-state index in [0.29, 0.717) is 5.56 Å². The summed E-state index contributed by atoms with van der Waals surface area (Å²) < 4.78 is 39.7. The van der Waals surface area contributed by atoms with E-state index in [4.69, 9.17) is 0 Å². The third-order valence-electron chi connectivity index (χ3n) is 2.71. The van der Waals surface area contributed by atoms with E-state index in [9.17, 15) is 22.8 Å². The highest BCUT2D eigenvalue weighted by Gasteiger charge is 2.43. The number of hydrogen-bond acceptors (Lipinski definition) is 3. The van der Waals surface area contributed by atoms with Crippen molar-refractivity contribution in [3.63, 3.8) is 0 Å². The maximum atomic E-state index is 12.0. The molecule has 0 aliphatic carbocycles. The van der Waals surface area contributed by atoms with Crippen molar-refractivity contribution in [3.8, 4) is 5.75 Å². The first-order chi connectivity index (χ1) is 8.71. The molecule has 0 unspecified atom stereocenters. The van der Waals surface area contributed by atoms with Crippen molar-refractivity contribution in [2.45, 2.75) is 18.8 Å². The zero-order valence-corrected chi connectivity index (χ0v) is 9.67. The number of halogens is 3. The number of alkyl halides is 3. The summed E-state index contributed by atoms with van der Waals surface area (Å²) in [5, 5.41) is 4.46. The van der Waals surface area contributed by atoms with Gasteiger partial charge in [-0.15, -0.1) is 13.2 Å². The minimum absolute atomic E-state index is 0.352. The number of nitrogens with one attached hydrogen (secondary N) is 2. The molecular weight excluding hydrogens is 265 g/mol. The molecule has 19 heavy (non-hydrogen) atoms. The number of carbonyl (C=O) groups excluding carboxylic acids is 2. The third kappa shape index (κ3) is 2.61. The van der Waals surface area contributed by atoms with Crippen LogP contribution in [0.1, 0.15) is 12.5 Å². The highest BCUT2D eigenvalue weighted by atomic mass is 19.4. The zero-order valence-electron chi connectivity index (χ0n) is 9.67. The van der Waals surface area contributed by atoms with Crippen molar-refractivity contribution < 1.29 is 27.5 Å². The van der Waals surface area contributed by atoms with Gasteiger partial charge in [0.05, 0.1) is 0 Å². The second kappa shape index (κ2) is 4.15. The first kappa shape index (κ1) is 13.2. The monoisotopic (exact) mass is 274 g/mol. The average molecular weight is 274 g/mol. The fraction of sp³-hybridized carbons (Fsp3) is 0.273. The van der Waals surface area contributed by atoms with E-state index in [-0.39, 0.29) is 0 Å². The molecule has 0 bridgehead atoms. The molecule has 1 atom stereocenters. The second-order valence-electron chi connectivity index (χ2n) is 4.11. The van der Waals surface area contributed by atoms with Crippen molar-refractivity contribution in [3.05, 3.63) is 29.8 Å². The number of carbonyl (C=O) groups is 2. The molecule has 0 radical (unpaired) electrons. The Labute approximate surface area is 105 Å². The predicted octanol–water partition coefficient (Wildman–Crippen LogP) is 1.64.